The van der Waals surface area contributed by atoms with Crippen LogP contribution in [-0.4, -0.2) is 47.8 Å². The zero-order valence-electron chi connectivity index (χ0n) is 11.1. The molecule has 3 heteroatoms. The maximum atomic E-state index is 9.92. The van der Waals surface area contributed by atoms with Crippen LogP contribution in [0.3, 0.4) is 0 Å². The Morgan fingerprint density at radius 2 is 1.94 bits per heavy atom. The number of nitrogens with one attached hydrogen (secondary N) is 1. The van der Waals surface area contributed by atoms with Crippen LogP contribution in [0.4, 0.5) is 0 Å². The summed E-state index contributed by atoms with van der Waals surface area (Å²) in [6.07, 6.45) is 4.51. The van der Waals surface area contributed by atoms with E-state index < -0.39 is 5.60 Å². The molecule has 0 radical (unpaired) electrons. The Kier molecular flexibility index (Phi) is 5.73. The molecule has 2 N–H and O–H groups in total. The molecule has 16 heavy (non-hydrogen) atoms. The summed E-state index contributed by atoms with van der Waals surface area (Å²) in [5.41, 5.74) is -0.541. The third-order valence-electron chi connectivity index (χ3n) is 3.66. The molecule has 1 fully saturated rings. The van der Waals surface area contributed by atoms with Gasteiger partial charge in [-0.1, -0.05) is 13.8 Å². The summed E-state index contributed by atoms with van der Waals surface area (Å²) in [6, 6.07) is 0.603. The second-order valence-corrected chi connectivity index (χ2v) is 5.35. The molecule has 1 aliphatic rings. The molecule has 1 saturated heterocycles. The largest absolute Gasteiger partial charge is 0.389 e. The van der Waals surface area contributed by atoms with Gasteiger partial charge in [0.25, 0.3) is 0 Å². The van der Waals surface area contributed by atoms with Gasteiger partial charge < -0.3 is 15.3 Å². The lowest BCUT2D eigenvalue weighted by molar-refractivity contribution is 0.0494. The highest BCUT2D eigenvalue weighted by atomic mass is 16.3. The Hall–Kier alpha value is -0.120. The van der Waals surface area contributed by atoms with E-state index in [-0.39, 0.29) is 0 Å². The fourth-order valence-electron chi connectivity index (χ4n) is 2.17. The van der Waals surface area contributed by atoms with E-state index in [9.17, 15) is 5.11 Å². The van der Waals surface area contributed by atoms with Crippen LogP contribution >= 0.6 is 0 Å². The van der Waals surface area contributed by atoms with Crippen LogP contribution in [0.15, 0.2) is 0 Å². The Morgan fingerprint density at radius 1 is 1.31 bits per heavy atom. The molecule has 0 saturated carbocycles. The van der Waals surface area contributed by atoms with Crippen molar-refractivity contribution in [3.8, 4) is 0 Å². The Balaban J connectivity index is 2.17. The molecule has 0 spiro atoms. The van der Waals surface area contributed by atoms with Gasteiger partial charge in [0.05, 0.1) is 5.60 Å². The average molecular weight is 228 g/mol. The number of aliphatic hydroxyl groups is 1. The van der Waals surface area contributed by atoms with Gasteiger partial charge in [0.2, 0.25) is 0 Å². The molecular formula is C13H28N2O. The van der Waals surface area contributed by atoms with E-state index in [4.69, 9.17) is 0 Å². The lowest BCUT2D eigenvalue weighted by Gasteiger charge is -2.34. The SMILES string of the molecule is CCCN1CCC(NCC(C)(O)CC)CC1. The van der Waals surface area contributed by atoms with Gasteiger partial charge in [-0.3, -0.25) is 0 Å². The maximum Gasteiger partial charge on any atom is 0.0741 e. The summed E-state index contributed by atoms with van der Waals surface area (Å²) in [5, 5.41) is 13.4. The van der Waals surface area contributed by atoms with Crippen LogP contribution in [0, 0.1) is 0 Å². The molecule has 0 aromatic heterocycles. The van der Waals surface area contributed by atoms with Crippen molar-refractivity contribution >= 4 is 0 Å². The van der Waals surface area contributed by atoms with E-state index in [1.54, 1.807) is 0 Å². The van der Waals surface area contributed by atoms with E-state index in [0.29, 0.717) is 6.04 Å². The first kappa shape index (κ1) is 13.9. The van der Waals surface area contributed by atoms with Gasteiger partial charge in [0.1, 0.15) is 0 Å². The number of rotatable bonds is 6. The molecule has 1 rings (SSSR count). The monoisotopic (exact) mass is 228 g/mol. The minimum Gasteiger partial charge on any atom is -0.389 e. The highest BCUT2D eigenvalue weighted by Gasteiger charge is 2.22. The molecule has 1 aliphatic heterocycles. The predicted octanol–water partition coefficient (Wildman–Crippen LogP) is 1.61. The molecule has 1 atom stereocenters. The van der Waals surface area contributed by atoms with Crippen molar-refractivity contribution < 1.29 is 5.11 Å². The van der Waals surface area contributed by atoms with Gasteiger partial charge in [0.15, 0.2) is 0 Å². The van der Waals surface area contributed by atoms with E-state index in [1.165, 1.54) is 38.9 Å². The predicted molar refractivity (Wildman–Crippen MR) is 68.7 cm³/mol. The van der Waals surface area contributed by atoms with Crippen LogP contribution in [0.5, 0.6) is 0 Å². The summed E-state index contributed by atoms with van der Waals surface area (Å²) < 4.78 is 0. The van der Waals surface area contributed by atoms with Crippen LogP contribution in [-0.2, 0) is 0 Å². The topological polar surface area (TPSA) is 35.5 Å². The van der Waals surface area contributed by atoms with Crippen molar-refractivity contribution in [2.24, 2.45) is 0 Å². The van der Waals surface area contributed by atoms with Crippen LogP contribution in [0.2, 0.25) is 0 Å². The third-order valence-corrected chi connectivity index (χ3v) is 3.66. The minimum absolute atomic E-state index is 0.541. The molecule has 0 bridgehead atoms. The fraction of sp³-hybridized carbons (Fsp3) is 1.00. The number of hydrogen-bond acceptors (Lipinski definition) is 3. The molecule has 1 heterocycles. The van der Waals surface area contributed by atoms with Crippen molar-refractivity contribution in [3.63, 3.8) is 0 Å². The van der Waals surface area contributed by atoms with Crippen LogP contribution in [0.25, 0.3) is 0 Å². The smallest absolute Gasteiger partial charge is 0.0741 e. The van der Waals surface area contributed by atoms with Gasteiger partial charge in [-0.15, -0.1) is 0 Å². The first-order valence-corrected chi connectivity index (χ1v) is 6.75. The summed E-state index contributed by atoms with van der Waals surface area (Å²) in [7, 11) is 0. The normalized spacial score (nSPS) is 23.2. The van der Waals surface area contributed by atoms with E-state index in [0.717, 1.165) is 13.0 Å². The molecule has 3 nitrogen and oxygen atoms in total. The fourth-order valence-corrected chi connectivity index (χ4v) is 2.17. The molecule has 0 aliphatic carbocycles. The number of piperidine rings is 1. The number of hydrogen-bond donors (Lipinski definition) is 2. The molecule has 0 amide bonds. The van der Waals surface area contributed by atoms with Gasteiger partial charge >= 0.3 is 0 Å². The van der Waals surface area contributed by atoms with Gasteiger partial charge in [-0.25, -0.2) is 0 Å². The molecule has 96 valence electrons. The summed E-state index contributed by atoms with van der Waals surface area (Å²) in [5.74, 6) is 0. The van der Waals surface area contributed by atoms with E-state index >= 15 is 0 Å². The Labute approximate surface area is 100 Å². The summed E-state index contributed by atoms with van der Waals surface area (Å²) in [6.45, 7) is 10.6. The first-order valence-electron chi connectivity index (χ1n) is 6.75. The summed E-state index contributed by atoms with van der Waals surface area (Å²) in [4.78, 5) is 2.54. The average Bonchev–Trinajstić information content (AvgIpc) is 2.29. The Morgan fingerprint density at radius 3 is 2.44 bits per heavy atom. The molecule has 0 aromatic rings. The highest BCUT2D eigenvalue weighted by molar-refractivity contribution is 4.81. The van der Waals surface area contributed by atoms with Gasteiger partial charge in [-0.05, 0) is 52.2 Å². The van der Waals surface area contributed by atoms with Crippen molar-refractivity contribution in [1.29, 1.82) is 0 Å². The third kappa shape index (κ3) is 4.81. The Bertz CT molecular complexity index is 186. The lowest BCUT2D eigenvalue weighted by Crippen LogP contribution is -2.47. The van der Waals surface area contributed by atoms with E-state index in [2.05, 4.69) is 17.1 Å². The number of nitrogens with zero attached hydrogens (tertiary/aromatic N) is 1. The van der Waals surface area contributed by atoms with Gasteiger partial charge in [-0.2, -0.15) is 0 Å². The van der Waals surface area contributed by atoms with E-state index in [1.807, 2.05) is 13.8 Å². The van der Waals surface area contributed by atoms with Crippen LogP contribution in [0.1, 0.15) is 46.5 Å². The summed E-state index contributed by atoms with van der Waals surface area (Å²) >= 11 is 0. The first-order chi connectivity index (χ1) is 7.57. The highest BCUT2D eigenvalue weighted by Crippen LogP contribution is 2.12. The van der Waals surface area contributed by atoms with Gasteiger partial charge in [0, 0.05) is 12.6 Å². The lowest BCUT2D eigenvalue weighted by atomic mass is 10.0. The standard InChI is InChI=1S/C13H28N2O/c1-4-8-15-9-6-12(7-10-15)14-11-13(3,16)5-2/h12,14,16H,4-11H2,1-3H3. The maximum absolute atomic E-state index is 9.92. The van der Waals surface area contributed by atoms with Crippen molar-refractivity contribution in [3.05, 3.63) is 0 Å². The van der Waals surface area contributed by atoms with Crippen molar-refractivity contribution in [2.75, 3.05) is 26.2 Å². The second-order valence-electron chi connectivity index (χ2n) is 5.35. The van der Waals surface area contributed by atoms with Crippen LogP contribution < -0.4 is 5.32 Å². The second kappa shape index (κ2) is 6.58. The molecule has 1 unspecified atom stereocenters. The molecular weight excluding hydrogens is 200 g/mol. The zero-order valence-corrected chi connectivity index (χ0v) is 11.1. The quantitative estimate of drug-likeness (QED) is 0.725. The molecule has 0 aromatic carbocycles. The number of likely N-dealkylation sites (tertiary alicyclic amines) is 1. The van der Waals surface area contributed by atoms with Crippen molar-refractivity contribution in [2.45, 2.75) is 58.1 Å². The minimum atomic E-state index is -0.541. The zero-order chi connectivity index (χ0) is 12.0. The van der Waals surface area contributed by atoms with Crippen molar-refractivity contribution in [1.82, 2.24) is 10.2 Å².